The van der Waals surface area contributed by atoms with Crippen molar-refractivity contribution in [1.29, 1.82) is 5.26 Å². The number of hydrogen-bond acceptors (Lipinski definition) is 5. The van der Waals surface area contributed by atoms with Crippen molar-refractivity contribution in [3.05, 3.63) is 56.2 Å². The van der Waals surface area contributed by atoms with E-state index in [-0.39, 0.29) is 18.4 Å². The molecule has 0 saturated carbocycles. The largest absolute Gasteiger partial charge is 0.383 e. The molecule has 1 aromatic heterocycles. The molecule has 0 aliphatic rings. The van der Waals surface area contributed by atoms with Crippen molar-refractivity contribution in [2.45, 2.75) is 6.54 Å². The summed E-state index contributed by atoms with van der Waals surface area (Å²) >= 11 is 4.67. The van der Waals surface area contributed by atoms with Crippen LogP contribution < -0.4 is 0 Å². The second-order valence-corrected chi connectivity index (χ2v) is 8.34. The molecule has 0 aliphatic heterocycles. The molecule has 2 rings (SSSR count). The third kappa shape index (κ3) is 6.17. The monoisotopic (exact) mass is 449 g/mol. The number of nitriles is 1. The molecule has 0 aliphatic carbocycles. The average Bonchev–Trinajstić information content (AvgIpc) is 3.11. The Hall–Kier alpha value is -2.21. The lowest BCUT2D eigenvalue weighted by Gasteiger charge is -2.25. The lowest BCUT2D eigenvalue weighted by atomic mass is 10.1. The molecule has 0 fully saturated rings. The Morgan fingerprint density at radius 2 is 1.93 bits per heavy atom. The van der Waals surface area contributed by atoms with Crippen LogP contribution in [0.1, 0.15) is 20.8 Å². The van der Waals surface area contributed by atoms with E-state index in [9.17, 15) is 9.59 Å². The highest BCUT2D eigenvalue weighted by Crippen LogP contribution is 2.23. The van der Waals surface area contributed by atoms with Crippen LogP contribution in [0.25, 0.3) is 0 Å². The Kier molecular flexibility index (Phi) is 7.98. The van der Waals surface area contributed by atoms with Crippen LogP contribution in [0.2, 0.25) is 0 Å². The van der Waals surface area contributed by atoms with E-state index in [1.54, 1.807) is 37.3 Å². The quantitative estimate of drug-likeness (QED) is 0.620. The summed E-state index contributed by atoms with van der Waals surface area (Å²) in [6.07, 6.45) is 0. The summed E-state index contributed by atoms with van der Waals surface area (Å²) in [4.78, 5) is 28.8. The van der Waals surface area contributed by atoms with Crippen LogP contribution in [-0.2, 0) is 16.1 Å². The second-order valence-electron chi connectivity index (χ2n) is 5.88. The summed E-state index contributed by atoms with van der Waals surface area (Å²) in [5.41, 5.74) is 1.48. The van der Waals surface area contributed by atoms with Gasteiger partial charge in [0.05, 0.1) is 33.4 Å². The first-order valence-electron chi connectivity index (χ1n) is 8.21. The van der Waals surface area contributed by atoms with Gasteiger partial charge in [-0.2, -0.15) is 5.26 Å². The van der Waals surface area contributed by atoms with Gasteiger partial charge in [-0.05, 0) is 45.8 Å². The number of hydrogen-bond donors (Lipinski definition) is 0. The number of benzene rings is 1. The molecule has 2 aromatic rings. The van der Waals surface area contributed by atoms with Crippen molar-refractivity contribution in [2.75, 3.05) is 33.9 Å². The van der Waals surface area contributed by atoms with Crippen LogP contribution in [0.3, 0.4) is 0 Å². The fourth-order valence-corrected chi connectivity index (χ4v) is 3.77. The summed E-state index contributed by atoms with van der Waals surface area (Å²) in [7, 11) is 3.19. The maximum atomic E-state index is 12.7. The Morgan fingerprint density at radius 3 is 2.48 bits per heavy atom. The van der Waals surface area contributed by atoms with Crippen molar-refractivity contribution in [2.24, 2.45) is 0 Å². The summed E-state index contributed by atoms with van der Waals surface area (Å²) < 4.78 is 5.97. The topological polar surface area (TPSA) is 73.6 Å². The normalized spacial score (nSPS) is 10.3. The predicted molar refractivity (Wildman–Crippen MR) is 107 cm³/mol. The van der Waals surface area contributed by atoms with E-state index in [0.29, 0.717) is 30.1 Å². The number of carbonyl (C=O) groups excluding carboxylic acids is 2. The average molecular weight is 450 g/mol. The van der Waals surface area contributed by atoms with E-state index < -0.39 is 0 Å². The molecule has 0 bridgehead atoms. The Morgan fingerprint density at radius 1 is 1.22 bits per heavy atom. The molecular weight excluding hydrogens is 430 g/mol. The highest BCUT2D eigenvalue weighted by Gasteiger charge is 2.20. The van der Waals surface area contributed by atoms with E-state index in [4.69, 9.17) is 10.00 Å². The molecule has 0 radical (unpaired) electrons. The van der Waals surface area contributed by atoms with E-state index in [1.807, 2.05) is 18.2 Å². The molecule has 0 N–H and O–H groups in total. The SMILES string of the molecule is COCCN(Cc1ccc(C#N)cc1)C(=O)CN(C)C(=O)c1ccc(Br)s1. The molecular formula is C19H20BrN3O3S. The number of carbonyl (C=O) groups is 2. The zero-order valence-corrected chi connectivity index (χ0v) is 17.5. The highest BCUT2D eigenvalue weighted by atomic mass is 79.9. The summed E-state index contributed by atoms with van der Waals surface area (Å²) in [5, 5.41) is 8.89. The lowest BCUT2D eigenvalue weighted by Crippen LogP contribution is -2.42. The molecule has 6 nitrogen and oxygen atoms in total. The molecule has 0 spiro atoms. The number of ether oxygens (including phenoxy) is 1. The highest BCUT2D eigenvalue weighted by molar-refractivity contribution is 9.11. The fourth-order valence-electron chi connectivity index (χ4n) is 2.39. The van der Waals surface area contributed by atoms with Crippen molar-refractivity contribution in [1.82, 2.24) is 9.80 Å². The molecule has 1 aromatic carbocycles. The Labute approximate surface area is 171 Å². The minimum Gasteiger partial charge on any atom is -0.383 e. The van der Waals surface area contributed by atoms with Crippen molar-refractivity contribution >= 4 is 39.1 Å². The molecule has 0 atom stereocenters. The minimum atomic E-state index is -0.191. The van der Waals surface area contributed by atoms with Crippen molar-refractivity contribution in [3.63, 3.8) is 0 Å². The van der Waals surface area contributed by atoms with Gasteiger partial charge in [0.15, 0.2) is 0 Å². The van der Waals surface area contributed by atoms with Crippen LogP contribution in [-0.4, -0.2) is 55.5 Å². The van der Waals surface area contributed by atoms with E-state index >= 15 is 0 Å². The maximum absolute atomic E-state index is 12.7. The smallest absolute Gasteiger partial charge is 0.264 e. The Balaban J connectivity index is 2.04. The van der Waals surface area contributed by atoms with Gasteiger partial charge in [-0.15, -0.1) is 11.3 Å². The van der Waals surface area contributed by atoms with Crippen LogP contribution >= 0.6 is 27.3 Å². The number of halogens is 1. The zero-order valence-electron chi connectivity index (χ0n) is 15.1. The molecule has 27 heavy (non-hydrogen) atoms. The predicted octanol–water partition coefficient (Wildman–Crippen LogP) is 3.13. The Bertz CT molecular complexity index is 829. The van der Waals surface area contributed by atoms with Crippen LogP contribution in [0.4, 0.5) is 0 Å². The van der Waals surface area contributed by atoms with Gasteiger partial charge < -0.3 is 14.5 Å². The van der Waals surface area contributed by atoms with Gasteiger partial charge in [-0.25, -0.2) is 0 Å². The van der Waals surface area contributed by atoms with E-state index in [0.717, 1.165) is 9.35 Å². The number of methoxy groups -OCH3 is 1. The second kappa shape index (κ2) is 10.2. The number of rotatable bonds is 8. The van der Waals surface area contributed by atoms with Crippen LogP contribution in [0.15, 0.2) is 40.2 Å². The standard InChI is InChI=1S/C19H20BrN3O3S/c1-22(19(25)16-7-8-17(20)27-16)13-18(24)23(9-10-26-2)12-15-5-3-14(11-21)4-6-15/h3-8H,9-10,12-13H2,1-2H3. The third-order valence-electron chi connectivity index (χ3n) is 3.88. The van der Waals surface area contributed by atoms with Gasteiger partial charge in [0, 0.05) is 27.2 Å². The number of thiophene rings is 1. The van der Waals surface area contributed by atoms with Gasteiger partial charge in [0.1, 0.15) is 0 Å². The molecule has 8 heteroatoms. The summed E-state index contributed by atoms with van der Waals surface area (Å²) in [6, 6.07) is 12.7. The molecule has 1 heterocycles. The summed E-state index contributed by atoms with van der Waals surface area (Å²) in [6.45, 7) is 1.19. The fraction of sp³-hybridized carbons (Fsp3) is 0.316. The first-order valence-corrected chi connectivity index (χ1v) is 9.82. The number of likely N-dealkylation sites (N-methyl/N-ethyl adjacent to an activating group) is 1. The maximum Gasteiger partial charge on any atom is 0.264 e. The van der Waals surface area contributed by atoms with Gasteiger partial charge in [0.2, 0.25) is 5.91 Å². The van der Waals surface area contributed by atoms with Crippen LogP contribution in [0.5, 0.6) is 0 Å². The van der Waals surface area contributed by atoms with Gasteiger partial charge in [0.25, 0.3) is 5.91 Å². The first-order chi connectivity index (χ1) is 12.9. The summed E-state index contributed by atoms with van der Waals surface area (Å²) in [5.74, 6) is -0.355. The first kappa shape index (κ1) is 21.1. The van der Waals surface area contributed by atoms with Gasteiger partial charge >= 0.3 is 0 Å². The molecule has 142 valence electrons. The zero-order chi connectivity index (χ0) is 19.8. The van der Waals surface area contributed by atoms with Crippen LogP contribution in [0, 0.1) is 11.3 Å². The lowest BCUT2D eigenvalue weighted by molar-refractivity contribution is -0.133. The third-order valence-corrected chi connectivity index (χ3v) is 5.49. The molecule has 0 unspecified atom stereocenters. The molecule has 0 saturated heterocycles. The molecule has 2 amide bonds. The minimum absolute atomic E-state index is 0.0195. The van der Waals surface area contributed by atoms with Crippen molar-refractivity contribution < 1.29 is 14.3 Å². The van der Waals surface area contributed by atoms with E-state index in [2.05, 4.69) is 22.0 Å². The number of nitrogens with zero attached hydrogens (tertiary/aromatic N) is 3. The van der Waals surface area contributed by atoms with Crippen molar-refractivity contribution in [3.8, 4) is 6.07 Å². The number of amides is 2. The van der Waals surface area contributed by atoms with Gasteiger partial charge in [-0.1, -0.05) is 12.1 Å². The van der Waals surface area contributed by atoms with E-state index in [1.165, 1.54) is 16.2 Å². The van der Waals surface area contributed by atoms with Gasteiger partial charge in [-0.3, -0.25) is 9.59 Å².